The normalized spacial score (nSPS) is 47.1. The molecule has 5 saturated heterocycles. The van der Waals surface area contributed by atoms with Crippen LogP contribution < -0.4 is 0 Å². The van der Waals surface area contributed by atoms with Crippen molar-refractivity contribution in [2.24, 2.45) is 0 Å². The second kappa shape index (κ2) is 9.30. The number of aliphatic hydroxyl groups is 2. The molecule has 5 heterocycles. The van der Waals surface area contributed by atoms with Gasteiger partial charge in [-0.15, -0.1) is 0 Å². The molecule has 0 amide bonds. The highest BCUT2D eigenvalue weighted by Crippen LogP contribution is 2.41. The van der Waals surface area contributed by atoms with Crippen molar-refractivity contribution in [1.82, 2.24) is 0 Å². The summed E-state index contributed by atoms with van der Waals surface area (Å²) in [7, 11) is 0. The van der Waals surface area contributed by atoms with Gasteiger partial charge >= 0.3 is 0 Å². The Morgan fingerprint density at radius 1 is 0.394 bits per heavy atom. The van der Waals surface area contributed by atoms with E-state index in [1.165, 1.54) is 0 Å². The lowest BCUT2D eigenvalue weighted by atomic mass is 9.98. The van der Waals surface area contributed by atoms with Crippen LogP contribution >= 0.6 is 0 Å². The van der Waals surface area contributed by atoms with Gasteiger partial charge < -0.3 is 33.9 Å². The molecule has 0 aromatic carbocycles. The number of hydrogen-bond donors (Lipinski definition) is 2. The number of rotatable bonds is 6. The standard InChI is InChI=1S/C26H44O7/c1-25(2,27)23-13-11-21(32-23)19-9-7-17(30-19)15-5-6-16(29-15)18-8-10-20(31-18)22-12-14-24(33-22)26(3,4)28/h15-24,27-28H,5-14H2,1-4H3/t15-,16+,17-,18+,19+,20-,21-,22+,23+,24-. The average molecular weight is 469 g/mol. The Morgan fingerprint density at radius 2 is 0.606 bits per heavy atom. The maximum Gasteiger partial charge on any atom is 0.0862 e. The summed E-state index contributed by atoms with van der Waals surface area (Å²) < 4.78 is 31.7. The summed E-state index contributed by atoms with van der Waals surface area (Å²) in [6.07, 6.45) is 10.5. The minimum atomic E-state index is -0.799. The van der Waals surface area contributed by atoms with Crippen LogP contribution in [0.5, 0.6) is 0 Å². The fourth-order valence-corrected chi connectivity index (χ4v) is 6.62. The Bertz CT molecular complexity index is 615. The molecular formula is C26H44O7. The zero-order chi connectivity index (χ0) is 23.4. The maximum absolute atomic E-state index is 10.3. The van der Waals surface area contributed by atoms with Gasteiger partial charge in [0, 0.05) is 0 Å². The van der Waals surface area contributed by atoms with Crippen LogP contribution in [0.4, 0.5) is 0 Å². The molecule has 33 heavy (non-hydrogen) atoms. The lowest BCUT2D eigenvalue weighted by molar-refractivity contribution is -0.148. The summed E-state index contributed by atoms with van der Waals surface area (Å²) in [6, 6.07) is 0. The van der Waals surface area contributed by atoms with E-state index < -0.39 is 11.2 Å². The third-order valence-electron chi connectivity index (χ3n) is 8.60. The van der Waals surface area contributed by atoms with Gasteiger partial charge in [0.2, 0.25) is 0 Å². The Labute approximate surface area is 198 Å². The zero-order valence-electron chi connectivity index (χ0n) is 20.8. The summed E-state index contributed by atoms with van der Waals surface area (Å²) >= 11 is 0. The highest BCUT2D eigenvalue weighted by Gasteiger charge is 2.47. The lowest BCUT2D eigenvalue weighted by Crippen LogP contribution is -2.38. The van der Waals surface area contributed by atoms with Crippen molar-refractivity contribution in [1.29, 1.82) is 0 Å². The average Bonchev–Trinajstić information content (AvgIpc) is 3.56. The van der Waals surface area contributed by atoms with Gasteiger partial charge in [-0.3, -0.25) is 0 Å². The molecule has 2 N–H and O–H groups in total. The monoisotopic (exact) mass is 468 g/mol. The molecule has 5 fully saturated rings. The first-order chi connectivity index (χ1) is 15.6. The second-order valence-corrected chi connectivity index (χ2v) is 12.2. The molecule has 0 aromatic heterocycles. The molecule has 0 aliphatic carbocycles. The van der Waals surface area contributed by atoms with Gasteiger partial charge in [0.1, 0.15) is 0 Å². The van der Waals surface area contributed by atoms with Crippen LogP contribution in [-0.4, -0.2) is 82.5 Å². The van der Waals surface area contributed by atoms with E-state index in [2.05, 4.69) is 0 Å². The molecule has 190 valence electrons. The molecule has 5 rings (SSSR count). The van der Waals surface area contributed by atoms with Gasteiger partial charge in [-0.25, -0.2) is 0 Å². The van der Waals surface area contributed by atoms with Gasteiger partial charge in [-0.1, -0.05) is 0 Å². The summed E-state index contributed by atoms with van der Waals surface area (Å²) in [5, 5.41) is 20.5. The largest absolute Gasteiger partial charge is 0.388 e. The smallest absolute Gasteiger partial charge is 0.0862 e. The highest BCUT2D eigenvalue weighted by atomic mass is 16.6. The van der Waals surface area contributed by atoms with E-state index in [-0.39, 0.29) is 61.0 Å². The van der Waals surface area contributed by atoms with E-state index >= 15 is 0 Å². The summed E-state index contributed by atoms with van der Waals surface area (Å²) in [5.41, 5.74) is -1.60. The number of ether oxygens (including phenoxy) is 5. The van der Waals surface area contributed by atoms with E-state index in [1.807, 2.05) is 27.7 Å². The molecule has 10 atom stereocenters. The van der Waals surface area contributed by atoms with E-state index in [0.717, 1.165) is 64.2 Å². The van der Waals surface area contributed by atoms with Crippen LogP contribution in [0.1, 0.15) is 91.9 Å². The van der Waals surface area contributed by atoms with Crippen molar-refractivity contribution in [3.8, 4) is 0 Å². The fraction of sp³-hybridized carbons (Fsp3) is 1.00. The Morgan fingerprint density at radius 3 is 0.818 bits per heavy atom. The van der Waals surface area contributed by atoms with Crippen molar-refractivity contribution in [3.63, 3.8) is 0 Å². The van der Waals surface area contributed by atoms with Crippen molar-refractivity contribution >= 4 is 0 Å². The Kier molecular flexibility index (Phi) is 6.88. The molecule has 0 spiro atoms. The maximum atomic E-state index is 10.3. The SMILES string of the molecule is CC(C)(O)[C@@H]1CC[C@H]([C@@H]2CC[C@H]([C@H]3CC[C@@H]([C@@H]4CC[C@H]([C@@H]5CC[C@H](C(C)(C)O)O5)O4)O3)O2)O1. The highest BCUT2D eigenvalue weighted by molar-refractivity contribution is 4.96. The minimum Gasteiger partial charge on any atom is -0.388 e. The van der Waals surface area contributed by atoms with Crippen LogP contribution in [0.3, 0.4) is 0 Å². The van der Waals surface area contributed by atoms with Gasteiger partial charge in [0.15, 0.2) is 0 Å². The van der Waals surface area contributed by atoms with Gasteiger partial charge in [0.25, 0.3) is 0 Å². The van der Waals surface area contributed by atoms with E-state index in [4.69, 9.17) is 23.7 Å². The fourth-order valence-electron chi connectivity index (χ4n) is 6.62. The van der Waals surface area contributed by atoms with Crippen LogP contribution in [0, 0.1) is 0 Å². The predicted octanol–water partition coefficient (Wildman–Crippen LogP) is 3.27. The third-order valence-corrected chi connectivity index (χ3v) is 8.60. The van der Waals surface area contributed by atoms with Gasteiger partial charge in [0.05, 0.1) is 72.2 Å². The lowest BCUT2D eigenvalue weighted by Gasteiger charge is -2.28. The first-order valence-electron chi connectivity index (χ1n) is 13.3. The second-order valence-electron chi connectivity index (χ2n) is 12.2. The topological polar surface area (TPSA) is 86.6 Å². The van der Waals surface area contributed by atoms with Crippen LogP contribution in [-0.2, 0) is 23.7 Å². The third kappa shape index (κ3) is 5.30. The van der Waals surface area contributed by atoms with Crippen molar-refractivity contribution in [3.05, 3.63) is 0 Å². The quantitative estimate of drug-likeness (QED) is 0.619. The van der Waals surface area contributed by atoms with Crippen molar-refractivity contribution < 1.29 is 33.9 Å². The predicted molar refractivity (Wildman–Crippen MR) is 122 cm³/mol. The molecule has 0 radical (unpaired) electrons. The van der Waals surface area contributed by atoms with E-state index in [9.17, 15) is 10.2 Å². The summed E-state index contributed by atoms with van der Waals surface area (Å²) in [5.74, 6) is 0. The molecule has 5 aliphatic heterocycles. The Balaban J connectivity index is 1.07. The number of hydrogen-bond acceptors (Lipinski definition) is 7. The van der Waals surface area contributed by atoms with Crippen LogP contribution in [0.15, 0.2) is 0 Å². The molecule has 0 bridgehead atoms. The first kappa shape index (κ1) is 24.4. The van der Waals surface area contributed by atoms with E-state index in [0.29, 0.717) is 0 Å². The van der Waals surface area contributed by atoms with E-state index in [1.54, 1.807) is 0 Å². The zero-order valence-corrected chi connectivity index (χ0v) is 20.8. The first-order valence-corrected chi connectivity index (χ1v) is 13.3. The van der Waals surface area contributed by atoms with Crippen molar-refractivity contribution in [2.45, 2.75) is 164 Å². The molecule has 7 nitrogen and oxygen atoms in total. The molecule has 7 heteroatoms. The molecule has 0 aromatic rings. The van der Waals surface area contributed by atoms with Crippen LogP contribution in [0.2, 0.25) is 0 Å². The Hall–Kier alpha value is -0.280. The van der Waals surface area contributed by atoms with Crippen LogP contribution in [0.25, 0.3) is 0 Å². The van der Waals surface area contributed by atoms with Gasteiger partial charge in [-0.05, 0) is 91.9 Å². The molecule has 5 aliphatic rings. The minimum absolute atomic E-state index is 0.0849. The molecular weight excluding hydrogens is 424 g/mol. The summed E-state index contributed by atoms with van der Waals surface area (Å²) in [4.78, 5) is 0. The molecule has 0 saturated carbocycles. The summed E-state index contributed by atoms with van der Waals surface area (Å²) in [6.45, 7) is 7.30. The molecule has 0 unspecified atom stereocenters. The van der Waals surface area contributed by atoms with Crippen molar-refractivity contribution in [2.75, 3.05) is 0 Å². The van der Waals surface area contributed by atoms with Gasteiger partial charge in [-0.2, -0.15) is 0 Å².